The summed E-state index contributed by atoms with van der Waals surface area (Å²) in [6.45, 7) is 0. The Hall–Kier alpha value is -3.79. The first-order valence-electron chi connectivity index (χ1n) is 11.2. The predicted molar refractivity (Wildman–Crippen MR) is 127 cm³/mol. The Balaban J connectivity index is 1.43. The summed E-state index contributed by atoms with van der Waals surface area (Å²) in [7, 11) is 0. The maximum absolute atomic E-state index is 5.21. The molecule has 32 heavy (non-hydrogen) atoms. The van der Waals surface area contributed by atoms with Crippen molar-refractivity contribution >= 4 is 5.84 Å². The molecule has 3 aromatic carbocycles. The van der Waals surface area contributed by atoms with E-state index < -0.39 is 0 Å². The molecule has 3 atom stereocenters. The van der Waals surface area contributed by atoms with Crippen LogP contribution in [0.1, 0.15) is 40.9 Å². The minimum absolute atomic E-state index is 0.111. The monoisotopic (exact) mass is 416 g/mol. The third-order valence-corrected chi connectivity index (χ3v) is 6.56. The van der Waals surface area contributed by atoms with E-state index in [0.717, 1.165) is 41.3 Å². The second-order valence-electron chi connectivity index (χ2n) is 8.49. The third-order valence-electron chi connectivity index (χ3n) is 6.56. The van der Waals surface area contributed by atoms with Crippen LogP contribution in [-0.4, -0.2) is 15.8 Å². The van der Waals surface area contributed by atoms with Crippen molar-refractivity contribution in [1.82, 2.24) is 15.3 Å². The fourth-order valence-corrected chi connectivity index (χ4v) is 4.98. The molecule has 3 unspecified atom stereocenters. The molecule has 1 aromatic heterocycles. The number of nitrogens with one attached hydrogen (secondary N) is 1. The molecule has 1 aliphatic carbocycles. The highest BCUT2D eigenvalue weighted by Crippen LogP contribution is 2.45. The zero-order valence-corrected chi connectivity index (χ0v) is 17.7. The number of aromatic nitrogens is 2. The van der Waals surface area contributed by atoms with Crippen molar-refractivity contribution in [2.45, 2.75) is 24.9 Å². The Bertz CT molecular complexity index is 1250. The molecule has 0 spiro atoms. The molecule has 1 N–H and O–H groups in total. The molecule has 0 saturated carbocycles. The lowest BCUT2D eigenvalue weighted by molar-refractivity contribution is 0.281. The quantitative estimate of drug-likeness (QED) is 0.477. The summed E-state index contributed by atoms with van der Waals surface area (Å²) in [5, 5.41) is 3.76. The molecule has 4 heteroatoms. The lowest BCUT2D eigenvalue weighted by Gasteiger charge is -2.41. The van der Waals surface area contributed by atoms with E-state index in [1.165, 1.54) is 11.1 Å². The van der Waals surface area contributed by atoms with Gasteiger partial charge in [-0.25, -0.2) is 9.97 Å². The average molecular weight is 417 g/mol. The van der Waals surface area contributed by atoms with Crippen LogP contribution in [0.3, 0.4) is 0 Å². The first kappa shape index (κ1) is 18.9. The molecule has 2 heterocycles. The average Bonchev–Trinajstić information content (AvgIpc) is 2.89. The van der Waals surface area contributed by atoms with E-state index in [2.05, 4.69) is 72.0 Å². The summed E-state index contributed by atoms with van der Waals surface area (Å²) in [5.41, 5.74) is 5.78. The molecule has 0 radical (unpaired) electrons. The molecule has 0 amide bonds. The highest BCUT2D eigenvalue weighted by Gasteiger charge is 2.40. The highest BCUT2D eigenvalue weighted by atomic mass is 15.1. The van der Waals surface area contributed by atoms with Gasteiger partial charge in [0.2, 0.25) is 0 Å². The number of fused-ring (bicyclic) bond motifs is 3. The first-order valence-corrected chi connectivity index (χ1v) is 11.2. The maximum Gasteiger partial charge on any atom is 0.159 e. The molecule has 2 aliphatic rings. The van der Waals surface area contributed by atoms with Gasteiger partial charge in [-0.15, -0.1) is 0 Å². The van der Waals surface area contributed by atoms with Crippen LogP contribution in [0.4, 0.5) is 0 Å². The van der Waals surface area contributed by atoms with Crippen molar-refractivity contribution in [1.29, 1.82) is 0 Å². The fraction of sp³-hybridized carbons (Fsp3) is 0.179. The van der Waals surface area contributed by atoms with Crippen LogP contribution >= 0.6 is 0 Å². The largest absolute Gasteiger partial charge is 0.363 e. The van der Waals surface area contributed by atoms with E-state index in [1.807, 2.05) is 30.5 Å². The number of nitrogens with zero attached hydrogens (tertiary/aromatic N) is 3. The number of hydrogen-bond donors (Lipinski definition) is 1. The minimum atomic E-state index is 0.111. The highest BCUT2D eigenvalue weighted by molar-refractivity contribution is 5.99. The summed E-state index contributed by atoms with van der Waals surface area (Å²) in [5.74, 6) is 2.11. The SMILES string of the molecule is c1ccc(C2=NC(c3ccccc3)C3CCc4nc(-c5ccccc5)ncc4C3N2)cc1. The Morgan fingerprint density at radius 3 is 2.12 bits per heavy atom. The second-order valence-corrected chi connectivity index (χ2v) is 8.49. The molecule has 1 aliphatic heterocycles. The van der Waals surface area contributed by atoms with Gasteiger partial charge in [0.1, 0.15) is 5.84 Å². The van der Waals surface area contributed by atoms with Gasteiger partial charge in [-0.05, 0) is 18.4 Å². The summed E-state index contributed by atoms with van der Waals surface area (Å²) in [4.78, 5) is 14.9. The van der Waals surface area contributed by atoms with Gasteiger partial charge in [0.15, 0.2) is 5.82 Å². The Morgan fingerprint density at radius 2 is 1.41 bits per heavy atom. The molecular weight excluding hydrogens is 392 g/mol. The van der Waals surface area contributed by atoms with Crippen LogP contribution in [0.5, 0.6) is 0 Å². The van der Waals surface area contributed by atoms with Gasteiger partial charge in [-0.1, -0.05) is 91.0 Å². The molecule has 4 aromatic rings. The molecule has 4 nitrogen and oxygen atoms in total. The normalized spacial score (nSPS) is 21.6. The Labute approximate surface area is 188 Å². The van der Waals surface area contributed by atoms with E-state index in [0.29, 0.717) is 5.92 Å². The molecule has 0 bridgehead atoms. The van der Waals surface area contributed by atoms with Gasteiger partial charge in [0, 0.05) is 34.5 Å². The van der Waals surface area contributed by atoms with Gasteiger partial charge in [0.25, 0.3) is 0 Å². The van der Waals surface area contributed by atoms with E-state index in [4.69, 9.17) is 15.0 Å². The van der Waals surface area contributed by atoms with Crippen LogP contribution in [0.15, 0.2) is 102 Å². The van der Waals surface area contributed by atoms with Gasteiger partial charge in [-0.3, -0.25) is 4.99 Å². The predicted octanol–water partition coefficient (Wildman–Crippen LogP) is 5.54. The fourth-order valence-electron chi connectivity index (χ4n) is 4.98. The maximum atomic E-state index is 5.21. The standard InChI is InChI=1S/C28H24N4/c1-4-10-19(11-5-1)25-22-16-17-24-23(18-29-27(30-24)20-12-6-2-7-13-20)26(22)32-28(31-25)21-14-8-3-9-15-21/h1-15,18,22,25-26H,16-17H2,(H,31,32). The molecule has 0 fully saturated rings. The van der Waals surface area contributed by atoms with Crippen LogP contribution in [-0.2, 0) is 6.42 Å². The van der Waals surface area contributed by atoms with Crippen molar-refractivity contribution in [3.05, 3.63) is 120 Å². The summed E-state index contributed by atoms with van der Waals surface area (Å²) in [6.07, 6.45) is 4.02. The van der Waals surface area contributed by atoms with E-state index in [-0.39, 0.29) is 12.1 Å². The Kier molecular flexibility index (Phi) is 4.76. The van der Waals surface area contributed by atoms with Crippen LogP contribution in [0.25, 0.3) is 11.4 Å². The number of hydrogen-bond acceptors (Lipinski definition) is 4. The number of aliphatic imine (C=N–C) groups is 1. The zero-order valence-electron chi connectivity index (χ0n) is 17.7. The minimum Gasteiger partial charge on any atom is -0.363 e. The lowest BCUT2D eigenvalue weighted by atomic mass is 9.75. The molecule has 156 valence electrons. The molecular formula is C28H24N4. The summed E-state index contributed by atoms with van der Waals surface area (Å²) in [6, 6.07) is 31.6. The third kappa shape index (κ3) is 3.38. The van der Waals surface area contributed by atoms with Gasteiger partial charge < -0.3 is 5.32 Å². The van der Waals surface area contributed by atoms with Crippen molar-refractivity contribution in [3.8, 4) is 11.4 Å². The molecule has 0 saturated heterocycles. The van der Waals surface area contributed by atoms with Crippen LogP contribution < -0.4 is 5.32 Å². The first-order chi connectivity index (χ1) is 15.9. The van der Waals surface area contributed by atoms with Gasteiger partial charge in [-0.2, -0.15) is 0 Å². The van der Waals surface area contributed by atoms with Crippen molar-refractivity contribution < 1.29 is 0 Å². The second kappa shape index (κ2) is 8.04. The smallest absolute Gasteiger partial charge is 0.159 e. The number of rotatable bonds is 3. The van der Waals surface area contributed by atoms with E-state index >= 15 is 0 Å². The van der Waals surface area contributed by atoms with Gasteiger partial charge >= 0.3 is 0 Å². The zero-order chi connectivity index (χ0) is 21.3. The van der Waals surface area contributed by atoms with Crippen molar-refractivity contribution in [2.75, 3.05) is 0 Å². The van der Waals surface area contributed by atoms with Crippen molar-refractivity contribution in [2.24, 2.45) is 10.9 Å². The van der Waals surface area contributed by atoms with E-state index in [1.54, 1.807) is 0 Å². The number of aryl methyl sites for hydroxylation is 1. The van der Waals surface area contributed by atoms with E-state index in [9.17, 15) is 0 Å². The summed E-state index contributed by atoms with van der Waals surface area (Å²) < 4.78 is 0. The van der Waals surface area contributed by atoms with Gasteiger partial charge in [0.05, 0.1) is 12.1 Å². The number of benzene rings is 3. The summed E-state index contributed by atoms with van der Waals surface area (Å²) >= 11 is 0. The molecule has 6 rings (SSSR count). The van der Waals surface area contributed by atoms with Crippen LogP contribution in [0.2, 0.25) is 0 Å². The van der Waals surface area contributed by atoms with Crippen LogP contribution in [0, 0.1) is 5.92 Å². The Morgan fingerprint density at radius 1 is 0.750 bits per heavy atom. The number of amidine groups is 1. The lowest BCUT2D eigenvalue weighted by Crippen LogP contribution is -2.43. The van der Waals surface area contributed by atoms with Crippen molar-refractivity contribution in [3.63, 3.8) is 0 Å². The topological polar surface area (TPSA) is 50.2 Å².